The highest BCUT2D eigenvalue weighted by atomic mass is 16.5. The predicted octanol–water partition coefficient (Wildman–Crippen LogP) is 4.19. The van der Waals surface area contributed by atoms with Gasteiger partial charge < -0.3 is 14.3 Å². The summed E-state index contributed by atoms with van der Waals surface area (Å²) in [5, 5.41) is 4.03. The normalized spacial score (nSPS) is 16.4. The van der Waals surface area contributed by atoms with Crippen molar-refractivity contribution in [2.75, 3.05) is 25.5 Å². The standard InChI is InChI=1S/C24H29N5O2/c1-17-15-21(31-27-17)19-16-25-24(28(2)3)26-23(19)20-11-7-8-14-29(20)22(30)13-12-18-9-5-4-6-10-18/h4-6,9-10,15-16,20H,7-8,11-14H2,1-3H3/t20-/m0/s1. The topological polar surface area (TPSA) is 75.4 Å². The number of aromatic nitrogens is 3. The van der Waals surface area contributed by atoms with Gasteiger partial charge in [0.2, 0.25) is 11.9 Å². The molecule has 1 saturated heterocycles. The van der Waals surface area contributed by atoms with E-state index in [-0.39, 0.29) is 11.9 Å². The average Bonchev–Trinajstić information content (AvgIpc) is 3.23. The lowest BCUT2D eigenvalue weighted by Crippen LogP contribution is -2.39. The number of hydrogen-bond acceptors (Lipinski definition) is 6. The van der Waals surface area contributed by atoms with Crippen LogP contribution in [0.1, 0.15) is 48.7 Å². The summed E-state index contributed by atoms with van der Waals surface area (Å²) < 4.78 is 5.54. The molecule has 0 radical (unpaired) electrons. The molecule has 162 valence electrons. The third kappa shape index (κ3) is 4.76. The first kappa shape index (κ1) is 21.0. The minimum atomic E-state index is -0.0980. The monoisotopic (exact) mass is 419 g/mol. The van der Waals surface area contributed by atoms with E-state index >= 15 is 0 Å². The zero-order chi connectivity index (χ0) is 21.8. The van der Waals surface area contributed by atoms with Gasteiger partial charge >= 0.3 is 0 Å². The summed E-state index contributed by atoms with van der Waals surface area (Å²) in [6.07, 6.45) is 5.96. The molecule has 3 heterocycles. The van der Waals surface area contributed by atoms with Crippen molar-refractivity contribution in [2.45, 2.75) is 45.1 Å². The molecule has 0 aliphatic carbocycles. The van der Waals surface area contributed by atoms with Gasteiger partial charge in [0.05, 0.1) is 23.0 Å². The smallest absolute Gasteiger partial charge is 0.225 e. The maximum atomic E-state index is 13.3. The fourth-order valence-electron chi connectivity index (χ4n) is 4.09. The van der Waals surface area contributed by atoms with Gasteiger partial charge in [-0.25, -0.2) is 9.97 Å². The van der Waals surface area contributed by atoms with E-state index in [4.69, 9.17) is 9.51 Å². The molecule has 7 heteroatoms. The van der Waals surface area contributed by atoms with Crippen molar-refractivity contribution in [3.63, 3.8) is 0 Å². The molecule has 0 spiro atoms. The Kier molecular flexibility index (Phi) is 6.30. The van der Waals surface area contributed by atoms with Crippen LogP contribution >= 0.6 is 0 Å². The van der Waals surface area contributed by atoms with Crippen molar-refractivity contribution in [3.05, 3.63) is 59.5 Å². The zero-order valence-electron chi connectivity index (χ0n) is 18.4. The fraction of sp³-hybridized carbons (Fsp3) is 0.417. The first-order valence-electron chi connectivity index (χ1n) is 10.8. The van der Waals surface area contributed by atoms with Gasteiger partial charge in [-0.05, 0) is 38.2 Å². The second-order valence-corrected chi connectivity index (χ2v) is 8.28. The predicted molar refractivity (Wildman–Crippen MR) is 120 cm³/mol. The number of carbonyl (C=O) groups is 1. The maximum Gasteiger partial charge on any atom is 0.225 e. The van der Waals surface area contributed by atoms with E-state index in [1.165, 1.54) is 5.56 Å². The molecule has 1 atom stereocenters. The van der Waals surface area contributed by atoms with Crippen molar-refractivity contribution in [1.29, 1.82) is 0 Å². The van der Waals surface area contributed by atoms with Gasteiger partial charge in [-0.1, -0.05) is 35.5 Å². The number of aryl methyl sites for hydroxylation is 2. The molecule has 3 aromatic rings. The van der Waals surface area contributed by atoms with Gasteiger partial charge in [-0.3, -0.25) is 4.79 Å². The highest BCUT2D eigenvalue weighted by Gasteiger charge is 2.32. The second-order valence-electron chi connectivity index (χ2n) is 8.28. The summed E-state index contributed by atoms with van der Waals surface area (Å²) >= 11 is 0. The Morgan fingerprint density at radius 2 is 2.03 bits per heavy atom. The molecule has 0 unspecified atom stereocenters. The van der Waals surface area contributed by atoms with Gasteiger partial charge in [0, 0.05) is 39.3 Å². The molecule has 31 heavy (non-hydrogen) atoms. The Bertz CT molecular complexity index is 1030. The van der Waals surface area contributed by atoms with E-state index in [1.807, 2.05) is 55.1 Å². The lowest BCUT2D eigenvalue weighted by atomic mass is 9.95. The Balaban J connectivity index is 1.64. The summed E-state index contributed by atoms with van der Waals surface area (Å²) in [4.78, 5) is 26.5. The molecule has 7 nitrogen and oxygen atoms in total. The highest BCUT2D eigenvalue weighted by molar-refractivity contribution is 5.77. The van der Waals surface area contributed by atoms with Crippen molar-refractivity contribution in [3.8, 4) is 11.3 Å². The number of amides is 1. The van der Waals surface area contributed by atoms with Crippen LogP contribution in [0.5, 0.6) is 0 Å². The SMILES string of the molecule is Cc1cc(-c2cnc(N(C)C)nc2[C@@H]2CCCCN2C(=O)CCc2ccccc2)on1. The Morgan fingerprint density at radius 1 is 1.23 bits per heavy atom. The molecule has 4 rings (SSSR count). The van der Waals surface area contributed by atoms with Crippen LogP contribution in [0.2, 0.25) is 0 Å². The number of nitrogens with zero attached hydrogens (tertiary/aromatic N) is 5. The van der Waals surface area contributed by atoms with Crippen LogP contribution in [0.4, 0.5) is 5.95 Å². The van der Waals surface area contributed by atoms with Crippen LogP contribution in [-0.4, -0.2) is 46.6 Å². The second kappa shape index (κ2) is 9.29. The minimum absolute atomic E-state index is 0.0980. The lowest BCUT2D eigenvalue weighted by Gasteiger charge is -2.36. The fourth-order valence-corrected chi connectivity index (χ4v) is 4.09. The van der Waals surface area contributed by atoms with E-state index in [0.717, 1.165) is 49.2 Å². The van der Waals surface area contributed by atoms with Crippen molar-refractivity contribution < 1.29 is 9.32 Å². The molecule has 0 saturated carbocycles. The van der Waals surface area contributed by atoms with E-state index < -0.39 is 0 Å². The molecule has 2 aromatic heterocycles. The van der Waals surface area contributed by atoms with Crippen LogP contribution in [0, 0.1) is 6.92 Å². The quantitative estimate of drug-likeness (QED) is 0.596. The number of likely N-dealkylation sites (tertiary alicyclic amines) is 1. The number of carbonyl (C=O) groups excluding carboxylic acids is 1. The molecular formula is C24H29N5O2. The number of benzene rings is 1. The summed E-state index contributed by atoms with van der Waals surface area (Å²) in [6.45, 7) is 2.64. The van der Waals surface area contributed by atoms with Gasteiger partial charge in [-0.15, -0.1) is 0 Å². The van der Waals surface area contributed by atoms with Crippen molar-refractivity contribution >= 4 is 11.9 Å². The van der Waals surface area contributed by atoms with Crippen LogP contribution in [0.25, 0.3) is 11.3 Å². The van der Waals surface area contributed by atoms with Crippen LogP contribution in [0.15, 0.2) is 47.1 Å². The molecule has 1 fully saturated rings. The zero-order valence-corrected chi connectivity index (χ0v) is 18.4. The van der Waals surface area contributed by atoms with Gasteiger partial charge in [0.1, 0.15) is 0 Å². The van der Waals surface area contributed by atoms with Crippen molar-refractivity contribution in [2.24, 2.45) is 0 Å². The molecule has 1 aliphatic heterocycles. The molecule has 1 amide bonds. The van der Waals surface area contributed by atoms with Crippen LogP contribution < -0.4 is 4.90 Å². The lowest BCUT2D eigenvalue weighted by molar-refractivity contribution is -0.135. The molecule has 0 N–H and O–H groups in total. The highest BCUT2D eigenvalue weighted by Crippen LogP contribution is 2.37. The first-order valence-corrected chi connectivity index (χ1v) is 10.8. The maximum absolute atomic E-state index is 13.3. The minimum Gasteiger partial charge on any atom is -0.356 e. The van der Waals surface area contributed by atoms with Gasteiger partial charge in [-0.2, -0.15) is 0 Å². The van der Waals surface area contributed by atoms with E-state index in [9.17, 15) is 4.79 Å². The van der Waals surface area contributed by atoms with E-state index in [2.05, 4.69) is 22.3 Å². The molecule has 0 bridgehead atoms. The van der Waals surface area contributed by atoms with Crippen molar-refractivity contribution in [1.82, 2.24) is 20.0 Å². The number of piperidine rings is 1. The van der Waals surface area contributed by atoms with E-state index in [1.54, 1.807) is 6.20 Å². The molecule has 1 aliphatic rings. The Labute approximate surface area is 183 Å². The third-order valence-electron chi connectivity index (χ3n) is 5.71. The van der Waals surface area contributed by atoms with Gasteiger partial charge in [0.15, 0.2) is 5.76 Å². The summed E-state index contributed by atoms with van der Waals surface area (Å²) in [6, 6.07) is 12.0. The Hall–Kier alpha value is -3.22. The largest absolute Gasteiger partial charge is 0.356 e. The van der Waals surface area contributed by atoms with Crippen LogP contribution in [-0.2, 0) is 11.2 Å². The van der Waals surface area contributed by atoms with Gasteiger partial charge in [0.25, 0.3) is 0 Å². The first-order chi connectivity index (χ1) is 15.0. The molecular weight excluding hydrogens is 390 g/mol. The number of hydrogen-bond donors (Lipinski definition) is 0. The summed E-state index contributed by atoms with van der Waals surface area (Å²) in [5.41, 5.74) is 3.62. The summed E-state index contributed by atoms with van der Waals surface area (Å²) in [5.74, 6) is 1.43. The Morgan fingerprint density at radius 3 is 2.74 bits per heavy atom. The summed E-state index contributed by atoms with van der Waals surface area (Å²) in [7, 11) is 3.84. The van der Waals surface area contributed by atoms with E-state index in [0.29, 0.717) is 18.1 Å². The third-order valence-corrected chi connectivity index (χ3v) is 5.71. The molecule has 1 aromatic carbocycles. The average molecular weight is 420 g/mol. The number of anilines is 1. The number of rotatable bonds is 6. The van der Waals surface area contributed by atoms with Crippen LogP contribution in [0.3, 0.4) is 0 Å².